The molecule has 1 atom stereocenters. The lowest BCUT2D eigenvalue weighted by Gasteiger charge is -2.08. The summed E-state index contributed by atoms with van der Waals surface area (Å²) in [7, 11) is 0. The molecule has 2 N–H and O–H groups in total. The van der Waals surface area contributed by atoms with Gasteiger partial charge in [-0.15, -0.1) is 11.8 Å². The molecule has 17 heavy (non-hydrogen) atoms. The normalized spacial score (nSPS) is 12.5. The summed E-state index contributed by atoms with van der Waals surface area (Å²) in [4.78, 5) is 12.4. The van der Waals surface area contributed by atoms with Gasteiger partial charge < -0.3 is 10.5 Å². The average Bonchev–Trinajstić information content (AvgIpc) is 2.26. The van der Waals surface area contributed by atoms with Gasteiger partial charge in [0.05, 0.1) is 11.9 Å². The fourth-order valence-corrected chi connectivity index (χ4v) is 1.99. The first-order chi connectivity index (χ1) is 7.99. The quantitative estimate of drug-likeness (QED) is 0.647. The molecule has 94 valence electrons. The van der Waals surface area contributed by atoms with Gasteiger partial charge in [-0.25, -0.2) is 0 Å². The largest absolute Gasteiger partial charge is 0.462 e. The standard InChI is InChI=1S/C13H19NO2S/c1-9(2)16-13(15)8-17-12-6-4-11(5-7-12)10(3)14/h4-7,9-10H,8,14H2,1-3H3. The Morgan fingerprint density at radius 2 is 1.88 bits per heavy atom. The van der Waals surface area contributed by atoms with E-state index in [1.807, 2.05) is 45.0 Å². The number of hydrogen-bond donors (Lipinski definition) is 1. The highest BCUT2D eigenvalue weighted by atomic mass is 32.2. The van der Waals surface area contributed by atoms with Crippen molar-refractivity contribution in [1.82, 2.24) is 0 Å². The minimum absolute atomic E-state index is 0.0416. The summed E-state index contributed by atoms with van der Waals surface area (Å²) in [5.74, 6) is 0.164. The number of esters is 1. The molecule has 1 aromatic rings. The molecule has 3 nitrogen and oxygen atoms in total. The van der Waals surface area contributed by atoms with E-state index in [1.165, 1.54) is 11.8 Å². The molecule has 0 amide bonds. The van der Waals surface area contributed by atoms with E-state index in [0.717, 1.165) is 10.5 Å². The van der Waals surface area contributed by atoms with E-state index in [4.69, 9.17) is 10.5 Å². The number of thioether (sulfide) groups is 1. The van der Waals surface area contributed by atoms with Crippen LogP contribution < -0.4 is 5.73 Å². The van der Waals surface area contributed by atoms with E-state index >= 15 is 0 Å². The zero-order valence-electron chi connectivity index (χ0n) is 10.5. The van der Waals surface area contributed by atoms with Crippen LogP contribution in [0.5, 0.6) is 0 Å². The zero-order valence-corrected chi connectivity index (χ0v) is 11.3. The summed E-state index contributed by atoms with van der Waals surface area (Å²) in [5.41, 5.74) is 6.86. The van der Waals surface area contributed by atoms with Crippen LogP contribution in [-0.2, 0) is 9.53 Å². The molecule has 0 bridgehead atoms. The molecule has 0 aromatic heterocycles. The van der Waals surface area contributed by atoms with Crippen molar-refractivity contribution in [3.8, 4) is 0 Å². The highest BCUT2D eigenvalue weighted by Gasteiger charge is 2.06. The second kappa shape index (κ2) is 6.67. The maximum absolute atomic E-state index is 11.3. The van der Waals surface area contributed by atoms with Crippen LogP contribution >= 0.6 is 11.8 Å². The van der Waals surface area contributed by atoms with Crippen molar-refractivity contribution < 1.29 is 9.53 Å². The fourth-order valence-electron chi connectivity index (χ4n) is 1.31. The van der Waals surface area contributed by atoms with Crippen molar-refractivity contribution in [3.05, 3.63) is 29.8 Å². The molecule has 0 aliphatic rings. The summed E-state index contributed by atoms with van der Waals surface area (Å²) in [6, 6.07) is 7.97. The Hall–Kier alpha value is -1.00. The Morgan fingerprint density at radius 1 is 1.29 bits per heavy atom. The highest BCUT2D eigenvalue weighted by molar-refractivity contribution is 8.00. The van der Waals surface area contributed by atoms with Crippen LogP contribution in [0.15, 0.2) is 29.2 Å². The summed E-state index contributed by atoms with van der Waals surface area (Å²) in [5, 5.41) is 0. The molecule has 1 aromatic carbocycles. The van der Waals surface area contributed by atoms with Gasteiger partial charge in [-0.05, 0) is 38.5 Å². The van der Waals surface area contributed by atoms with E-state index in [9.17, 15) is 4.79 Å². The number of nitrogens with two attached hydrogens (primary N) is 1. The van der Waals surface area contributed by atoms with Crippen LogP contribution in [0, 0.1) is 0 Å². The molecule has 0 saturated heterocycles. The van der Waals surface area contributed by atoms with Gasteiger partial charge in [-0.3, -0.25) is 4.79 Å². The minimum atomic E-state index is -0.179. The summed E-state index contributed by atoms with van der Waals surface area (Å²) >= 11 is 1.48. The van der Waals surface area contributed by atoms with Gasteiger partial charge in [0.15, 0.2) is 0 Å². The third-order valence-electron chi connectivity index (χ3n) is 2.13. The Bertz CT molecular complexity index is 360. The fraction of sp³-hybridized carbons (Fsp3) is 0.462. The van der Waals surface area contributed by atoms with E-state index in [1.54, 1.807) is 0 Å². The van der Waals surface area contributed by atoms with Crippen LogP contribution in [0.2, 0.25) is 0 Å². The molecule has 0 heterocycles. The second-order valence-corrected chi connectivity index (χ2v) is 5.23. The first-order valence-corrected chi connectivity index (χ1v) is 6.65. The second-order valence-electron chi connectivity index (χ2n) is 4.19. The van der Waals surface area contributed by atoms with Gasteiger partial charge in [0, 0.05) is 10.9 Å². The van der Waals surface area contributed by atoms with E-state index < -0.39 is 0 Å². The van der Waals surface area contributed by atoms with Crippen molar-refractivity contribution in [2.24, 2.45) is 5.73 Å². The van der Waals surface area contributed by atoms with E-state index in [0.29, 0.717) is 5.75 Å². The first-order valence-electron chi connectivity index (χ1n) is 5.67. The molecular weight excluding hydrogens is 234 g/mol. The van der Waals surface area contributed by atoms with Crippen molar-refractivity contribution in [1.29, 1.82) is 0 Å². The van der Waals surface area contributed by atoms with Crippen LogP contribution in [0.3, 0.4) is 0 Å². The molecule has 0 radical (unpaired) electrons. The van der Waals surface area contributed by atoms with Crippen LogP contribution in [-0.4, -0.2) is 17.8 Å². The highest BCUT2D eigenvalue weighted by Crippen LogP contribution is 2.20. The van der Waals surface area contributed by atoms with Gasteiger partial charge in [0.1, 0.15) is 0 Å². The molecule has 0 saturated carbocycles. The van der Waals surface area contributed by atoms with Crippen molar-refractivity contribution in [3.63, 3.8) is 0 Å². The minimum Gasteiger partial charge on any atom is -0.462 e. The average molecular weight is 253 g/mol. The molecule has 0 fully saturated rings. The van der Waals surface area contributed by atoms with Gasteiger partial charge in [0.25, 0.3) is 0 Å². The number of benzene rings is 1. The van der Waals surface area contributed by atoms with E-state index in [-0.39, 0.29) is 18.1 Å². The predicted molar refractivity (Wildman–Crippen MR) is 71.0 cm³/mol. The van der Waals surface area contributed by atoms with Crippen molar-refractivity contribution in [2.45, 2.75) is 37.8 Å². The lowest BCUT2D eigenvalue weighted by Crippen LogP contribution is -2.13. The lowest BCUT2D eigenvalue weighted by molar-refractivity contribution is -0.144. The monoisotopic (exact) mass is 253 g/mol. The molecule has 0 spiro atoms. The predicted octanol–water partition coefficient (Wildman–Crippen LogP) is 2.75. The van der Waals surface area contributed by atoms with Crippen molar-refractivity contribution >= 4 is 17.7 Å². The number of carbonyl (C=O) groups excluding carboxylic acids is 1. The van der Waals surface area contributed by atoms with Gasteiger partial charge >= 0.3 is 5.97 Å². The number of carbonyl (C=O) groups is 1. The van der Waals surface area contributed by atoms with E-state index in [2.05, 4.69) is 0 Å². The van der Waals surface area contributed by atoms with Gasteiger partial charge in [-0.2, -0.15) is 0 Å². The Labute approximate surface area is 107 Å². The topological polar surface area (TPSA) is 52.3 Å². The smallest absolute Gasteiger partial charge is 0.316 e. The number of rotatable bonds is 5. The summed E-state index contributed by atoms with van der Waals surface area (Å²) < 4.78 is 5.05. The zero-order chi connectivity index (χ0) is 12.8. The third kappa shape index (κ3) is 5.24. The van der Waals surface area contributed by atoms with Gasteiger partial charge in [0.2, 0.25) is 0 Å². The lowest BCUT2D eigenvalue weighted by atomic mass is 10.1. The molecule has 0 aliphatic carbocycles. The van der Waals surface area contributed by atoms with Gasteiger partial charge in [-0.1, -0.05) is 12.1 Å². The molecule has 0 aliphatic heterocycles. The first kappa shape index (κ1) is 14.1. The Kier molecular flexibility index (Phi) is 5.51. The molecule has 1 unspecified atom stereocenters. The Morgan fingerprint density at radius 3 is 2.35 bits per heavy atom. The van der Waals surface area contributed by atoms with Crippen molar-refractivity contribution in [2.75, 3.05) is 5.75 Å². The Balaban J connectivity index is 2.44. The SMILES string of the molecule is CC(C)OC(=O)CSc1ccc(C(C)N)cc1. The molecule has 1 rings (SSSR count). The van der Waals surface area contributed by atoms with Crippen LogP contribution in [0.25, 0.3) is 0 Å². The third-order valence-corrected chi connectivity index (χ3v) is 3.12. The van der Waals surface area contributed by atoms with Crippen LogP contribution in [0.1, 0.15) is 32.4 Å². The summed E-state index contributed by atoms with van der Waals surface area (Å²) in [6.45, 7) is 5.64. The van der Waals surface area contributed by atoms with Crippen LogP contribution in [0.4, 0.5) is 0 Å². The summed E-state index contributed by atoms with van der Waals surface area (Å²) in [6.07, 6.45) is -0.0523. The number of hydrogen-bond acceptors (Lipinski definition) is 4. The maximum atomic E-state index is 11.3. The molecule has 4 heteroatoms. The molecular formula is C13H19NO2S. The number of ether oxygens (including phenoxy) is 1. The maximum Gasteiger partial charge on any atom is 0.316 e.